The van der Waals surface area contributed by atoms with Gasteiger partial charge in [-0.25, -0.2) is 13.2 Å². The molecule has 0 bridgehead atoms. The number of hydrogen-bond donors (Lipinski definition) is 0. The van der Waals surface area contributed by atoms with Crippen LogP contribution in [0.4, 0.5) is 22.0 Å². The first-order chi connectivity index (χ1) is 13.0. The maximum Gasteiger partial charge on any atom is 0.432 e. The van der Waals surface area contributed by atoms with Crippen LogP contribution >= 0.6 is 45.2 Å². The SMILES string of the molecule is CCC(C)c1cc(I)c(OCC(=O)OC(C(F)(F)F)C(F)(F)S(=O)(=O)[O-])c(I)c1. The van der Waals surface area contributed by atoms with Crippen LogP contribution < -0.4 is 4.74 Å². The van der Waals surface area contributed by atoms with Crippen molar-refractivity contribution in [1.82, 2.24) is 0 Å². The van der Waals surface area contributed by atoms with Crippen molar-refractivity contribution in [2.45, 2.75) is 43.7 Å². The van der Waals surface area contributed by atoms with Crippen LogP contribution in [-0.2, 0) is 19.6 Å². The second-order valence-corrected chi connectivity index (χ2v) is 9.62. The van der Waals surface area contributed by atoms with E-state index in [1.165, 1.54) is 0 Å². The Hall–Kier alpha value is -0.490. The third-order valence-electron chi connectivity index (χ3n) is 3.72. The lowest BCUT2D eigenvalue weighted by atomic mass is 9.99. The van der Waals surface area contributed by atoms with E-state index in [2.05, 4.69) is 4.74 Å². The first-order valence-corrected chi connectivity index (χ1v) is 11.3. The van der Waals surface area contributed by atoms with E-state index in [-0.39, 0.29) is 11.7 Å². The van der Waals surface area contributed by atoms with Crippen molar-refractivity contribution in [2.24, 2.45) is 0 Å². The van der Waals surface area contributed by atoms with E-state index < -0.39 is 40.2 Å². The Kier molecular flexibility index (Phi) is 8.93. The molecule has 0 heterocycles. The van der Waals surface area contributed by atoms with Gasteiger partial charge in [0.25, 0.3) is 6.10 Å². The summed E-state index contributed by atoms with van der Waals surface area (Å²) in [6.07, 6.45) is -9.62. The Bertz CT molecular complexity index is 836. The molecule has 0 radical (unpaired) electrons. The summed E-state index contributed by atoms with van der Waals surface area (Å²) in [6, 6.07) is 3.46. The van der Waals surface area contributed by atoms with E-state index in [1.807, 2.05) is 59.0 Å². The molecule has 2 atom stereocenters. The van der Waals surface area contributed by atoms with Gasteiger partial charge in [0.05, 0.1) is 7.14 Å². The van der Waals surface area contributed by atoms with Gasteiger partial charge >= 0.3 is 17.4 Å². The molecule has 166 valence electrons. The fraction of sp³-hybridized carbons (Fsp3) is 0.533. The van der Waals surface area contributed by atoms with Gasteiger partial charge in [-0.3, -0.25) is 0 Å². The van der Waals surface area contributed by atoms with Crippen molar-refractivity contribution < 1.29 is 49.2 Å². The summed E-state index contributed by atoms with van der Waals surface area (Å²) >= 11 is 3.73. The van der Waals surface area contributed by atoms with E-state index in [1.54, 1.807) is 12.1 Å². The van der Waals surface area contributed by atoms with Crippen LogP contribution in [0.5, 0.6) is 5.75 Å². The van der Waals surface area contributed by atoms with Gasteiger partial charge < -0.3 is 14.0 Å². The Labute approximate surface area is 190 Å². The minimum absolute atomic E-state index is 0.113. The molecule has 0 amide bonds. The van der Waals surface area contributed by atoms with Gasteiger partial charge in [-0.1, -0.05) is 13.8 Å². The molecule has 29 heavy (non-hydrogen) atoms. The topological polar surface area (TPSA) is 92.7 Å². The summed E-state index contributed by atoms with van der Waals surface area (Å²) in [5.74, 6) is -1.60. The summed E-state index contributed by atoms with van der Waals surface area (Å²) in [6.45, 7) is 2.73. The lowest BCUT2D eigenvalue weighted by Crippen LogP contribution is -2.52. The zero-order chi connectivity index (χ0) is 22.8. The molecular formula is C15H14F5I2O6S-. The summed E-state index contributed by atoms with van der Waals surface area (Å²) in [5.41, 5.74) is 0.952. The predicted octanol–water partition coefficient (Wildman–Crippen LogP) is 4.40. The fourth-order valence-corrected chi connectivity index (χ4v) is 4.56. The molecule has 1 aromatic rings. The van der Waals surface area contributed by atoms with Crippen LogP contribution in [0.1, 0.15) is 31.7 Å². The average Bonchev–Trinajstić information content (AvgIpc) is 2.55. The standard InChI is InChI=1S/C15H15F5I2O6S/c1-3-7(2)8-4-9(21)12(10(22)5-8)27-6-11(23)28-13(14(16,17)18)15(19,20)29(24,25)26/h4-5,7,13H,3,6H2,1-2H3,(H,24,25,26)/p-1. The lowest BCUT2D eigenvalue weighted by molar-refractivity contribution is -0.259. The molecule has 6 nitrogen and oxygen atoms in total. The molecular weight excluding hydrogens is 657 g/mol. The van der Waals surface area contributed by atoms with E-state index in [4.69, 9.17) is 4.74 Å². The van der Waals surface area contributed by atoms with E-state index in [0.717, 1.165) is 12.0 Å². The molecule has 0 aliphatic heterocycles. The summed E-state index contributed by atoms with van der Waals surface area (Å²) < 4.78 is 106. The van der Waals surface area contributed by atoms with Gasteiger partial charge in [-0.15, -0.1) is 0 Å². The van der Waals surface area contributed by atoms with E-state index in [0.29, 0.717) is 7.14 Å². The van der Waals surface area contributed by atoms with Crippen molar-refractivity contribution >= 4 is 61.3 Å². The quantitative estimate of drug-likeness (QED) is 0.176. The van der Waals surface area contributed by atoms with E-state index in [9.17, 15) is 39.7 Å². The van der Waals surface area contributed by atoms with Crippen molar-refractivity contribution in [2.75, 3.05) is 6.61 Å². The van der Waals surface area contributed by atoms with E-state index >= 15 is 0 Å². The van der Waals surface area contributed by atoms with Crippen LogP contribution in [-0.4, -0.2) is 43.1 Å². The molecule has 1 aromatic carbocycles. The Balaban J connectivity index is 3.00. The maximum absolute atomic E-state index is 13.4. The average molecular weight is 671 g/mol. The van der Waals surface area contributed by atoms with Gasteiger partial charge in [0.15, 0.2) is 16.7 Å². The molecule has 14 heteroatoms. The molecule has 0 aliphatic carbocycles. The fourth-order valence-electron chi connectivity index (χ4n) is 1.99. The summed E-state index contributed by atoms with van der Waals surface area (Å²) in [4.78, 5) is 11.6. The normalized spacial score (nSPS) is 15.0. The second-order valence-electron chi connectivity index (χ2n) is 5.84. The smallest absolute Gasteiger partial charge is 0.432 e. The van der Waals surface area contributed by atoms with Crippen LogP contribution in [0.25, 0.3) is 0 Å². The lowest BCUT2D eigenvalue weighted by Gasteiger charge is -2.29. The number of halogens is 7. The molecule has 0 N–H and O–H groups in total. The number of alkyl halides is 5. The van der Waals surface area contributed by atoms with Gasteiger partial charge in [0, 0.05) is 0 Å². The third kappa shape index (κ3) is 6.75. The minimum atomic E-state index is -6.75. The highest BCUT2D eigenvalue weighted by Crippen LogP contribution is 2.38. The van der Waals surface area contributed by atoms with Crippen molar-refractivity contribution in [3.05, 3.63) is 24.8 Å². The molecule has 0 aromatic heterocycles. The highest BCUT2D eigenvalue weighted by atomic mass is 127. The molecule has 2 unspecified atom stereocenters. The maximum atomic E-state index is 13.4. The first kappa shape index (κ1) is 26.5. The number of hydrogen-bond acceptors (Lipinski definition) is 6. The number of benzene rings is 1. The van der Waals surface area contributed by atoms with Crippen LogP contribution in [0, 0.1) is 7.14 Å². The van der Waals surface area contributed by atoms with Crippen molar-refractivity contribution in [3.8, 4) is 5.75 Å². The van der Waals surface area contributed by atoms with Crippen LogP contribution in [0.2, 0.25) is 0 Å². The molecule has 0 aliphatic rings. The number of carbonyl (C=O) groups is 1. The first-order valence-electron chi connectivity index (χ1n) is 7.73. The Morgan fingerprint density at radius 3 is 2.03 bits per heavy atom. The molecule has 0 saturated heterocycles. The zero-order valence-corrected chi connectivity index (χ0v) is 19.9. The second kappa shape index (κ2) is 9.76. The molecule has 1 rings (SSSR count). The van der Waals surface area contributed by atoms with Gasteiger partial charge in [0.2, 0.25) is 0 Å². The van der Waals surface area contributed by atoms with Crippen LogP contribution in [0.3, 0.4) is 0 Å². The van der Waals surface area contributed by atoms with Crippen molar-refractivity contribution in [3.63, 3.8) is 0 Å². The molecule has 0 fully saturated rings. The highest BCUT2D eigenvalue weighted by molar-refractivity contribution is 14.1. The largest absolute Gasteiger partial charge is 0.743 e. The van der Waals surface area contributed by atoms with Gasteiger partial charge in [-0.2, -0.15) is 22.0 Å². The van der Waals surface area contributed by atoms with Gasteiger partial charge in [-0.05, 0) is 75.2 Å². The van der Waals surface area contributed by atoms with Crippen molar-refractivity contribution in [1.29, 1.82) is 0 Å². The Morgan fingerprint density at radius 1 is 1.17 bits per heavy atom. The van der Waals surface area contributed by atoms with Gasteiger partial charge in [0.1, 0.15) is 5.75 Å². The number of ether oxygens (including phenoxy) is 2. The molecule has 0 saturated carbocycles. The number of carbonyl (C=O) groups excluding carboxylic acids is 1. The minimum Gasteiger partial charge on any atom is -0.743 e. The molecule has 0 spiro atoms. The number of esters is 1. The van der Waals surface area contributed by atoms with Crippen LogP contribution in [0.15, 0.2) is 12.1 Å². The summed E-state index contributed by atoms with van der Waals surface area (Å²) in [5, 5.41) is -5.90. The third-order valence-corrected chi connectivity index (χ3v) is 6.20. The number of rotatable bonds is 8. The zero-order valence-electron chi connectivity index (χ0n) is 14.7. The highest BCUT2D eigenvalue weighted by Gasteiger charge is 2.62. The Morgan fingerprint density at radius 2 is 1.66 bits per heavy atom. The monoisotopic (exact) mass is 671 g/mol. The predicted molar refractivity (Wildman–Crippen MR) is 107 cm³/mol. The summed E-state index contributed by atoms with van der Waals surface area (Å²) in [7, 11) is -6.75.